The summed E-state index contributed by atoms with van der Waals surface area (Å²) in [6.45, 7) is 0. The number of para-hydroxylation sites is 2. The Labute approximate surface area is 92.1 Å². The maximum Gasteiger partial charge on any atom is 0.407 e. The quantitative estimate of drug-likeness (QED) is 0.668. The smallest absolute Gasteiger partial charge is 0.245 e. The third-order valence-corrected chi connectivity index (χ3v) is 2.38. The van der Waals surface area contributed by atoms with Crippen molar-refractivity contribution in [2.24, 2.45) is 0 Å². The molecule has 0 amide bonds. The highest BCUT2D eigenvalue weighted by Crippen LogP contribution is 2.49. The zero-order valence-electron chi connectivity index (χ0n) is 8.12. The molecule has 0 saturated heterocycles. The van der Waals surface area contributed by atoms with E-state index in [0.717, 1.165) is 0 Å². The fraction of sp³-hybridized carbons (Fsp3) is 0.200. The SMILES string of the molecule is FC1(F)OC(F)(F)c2nc3ccccc3nc21. The molecule has 3 nitrogen and oxygen atoms in total. The zero-order valence-corrected chi connectivity index (χ0v) is 8.12. The predicted molar refractivity (Wildman–Crippen MR) is 48.4 cm³/mol. The largest absolute Gasteiger partial charge is 0.407 e. The lowest BCUT2D eigenvalue weighted by molar-refractivity contribution is -0.371. The van der Waals surface area contributed by atoms with Crippen molar-refractivity contribution < 1.29 is 22.3 Å². The minimum absolute atomic E-state index is 0.118. The van der Waals surface area contributed by atoms with E-state index in [2.05, 4.69) is 14.7 Å². The number of fused-ring (bicyclic) bond motifs is 2. The van der Waals surface area contributed by atoms with E-state index < -0.39 is 23.6 Å². The number of hydrogen-bond donors (Lipinski definition) is 0. The average molecular weight is 244 g/mol. The van der Waals surface area contributed by atoms with Crippen molar-refractivity contribution in [2.75, 3.05) is 0 Å². The highest BCUT2D eigenvalue weighted by Gasteiger charge is 2.60. The van der Waals surface area contributed by atoms with E-state index >= 15 is 0 Å². The van der Waals surface area contributed by atoms with Crippen LogP contribution in [0.5, 0.6) is 0 Å². The van der Waals surface area contributed by atoms with Crippen molar-refractivity contribution in [2.45, 2.75) is 12.2 Å². The lowest BCUT2D eigenvalue weighted by Crippen LogP contribution is -2.18. The number of hydrogen-bond acceptors (Lipinski definition) is 3. The number of aromatic nitrogens is 2. The summed E-state index contributed by atoms with van der Waals surface area (Å²) in [5.41, 5.74) is -2.01. The highest BCUT2D eigenvalue weighted by molar-refractivity contribution is 5.74. The van der Waals surface area contributed by atoms with Gasteiger partial charge in [-0.1, -0.05) is 12.1 Å². The van der Waals surface area contributed by atoms with Gasteiger partial charge < -0.3 is 0 Å². The molecular formula is C10H4F4N2O. The van der Waals surface area contributed by atoms with Crippen LogP contribution < -0.4 is 0 Å². The summed E-state index contributed by atoms with van der Waals surface area (Å²) in [4.78, 5) is 6.97. The molecule has 2 aromatic rings. The lowest BCUT2D eigenvalue weighted by atomic mass is 10.2. The van der Waals surface area contributed by atoms with E-state index in [1.165, 1.54) is 12.1 Å². The van der Waals surface area contributed by atoms with Gasteiger partial charge in [-0.25, -0.2) is 14.7 Å². The maximum atomic E-state index is 13.2. The first kappa shape index (κ1) is 10.4. The molecule has 1 aromatic carbocycles. The van der Waals surface area contributed by atoms with Crippen LogP contribution in [0.15, 0.2) is 24.3 Å². The topological polar surface area (TPSA) is 35.0 Å². The van der Waals surface area contributed by atoms with Crippen LogP contribution in [0.4, 0.5) is 17.6 Å². The Kier molecular flexibility index (Phi) is 1.79. The molecule has 0 aliphatic carbocycles. The van der Waals surface area contributed by atoms with Crippen LogP contribution in [0.2, 0.25) is 0 Å². The fourth-order valence-corrected chi connectivity index (χ4v) is 1.66. The van der Waals surface area contributed by atoms with Gasteiger partial charge in [0.25, 0.3) is 0 Å². The minimum atomic E-state index is -4.12. The number of halogens is 4. The molecule has 0 N–H and O–H groups in total. The van der Waals surface area contributed by atoms with E-state index in [9.17, 15) is 17.6 Å². The van der Waals surface area contributed by atoms with Gasteiger partial charge in [0.05, 0.1) is 11.0 Å². The van der Waals surface area contributed by atoms with Crippen LogP contribution in [0.1, 0.15) is 11.4 Å². The minimum Gasteiger partial charge on any atom is -0.245 e. The molecule has 0 atom stereocenters. The van der Waals surface area contributed by atoms with Crippen LogP contribution in [0.25, 0.3) is 11.0 Å². The molecule has 1 aromatic heterocycles. The Bertz CT molecular complexity index is 562. The Morgan fingerprint density at radius 3 is 1.65 bits per heavy atom. The fourth-order valence-electron chi connectivity index (χ4n) is 1.66. The number of benzene rings is 1. The summed E-state index contributed by atoms with van der Waals surface area (Å²) < 4.78 is 56.0. The second-order valence-corrected chi connectivity index (χ2v) is 3.55. The van der Waals surface area contributed by atoms with Crippen LogP contribution in [-0.2, 0) is 17.0 Å². The molecule has 0 unspecified atom stereocenters. The van der Waals surface area contributed by atoms with Gasteiger partial charge in [0.15, 0.2) is 11.4 Å². The molecule has 0 bridgehead atoms. The van der Waals surface area contributed by atoms with Crippen LogP contribution in [0.3, 0.4) is 0 Å². The summed E-state index contributed by atoms with van der Waals surface area (Å²) in [5, 5.41) is 0. The number of ether oxygens (including phenoxy) is 1. The molecule has 0 spiro atoms. The van der Waals surface area contributed by atoms with Crippen molar-refractivity contribution in [3.8, 4) is 0 Å². The maximum absolute atomic E-state index is 13.2. The molecule has 0 radical (unpaired) electrons. The summed E-state index contributed by atoms with van der Waals surface area (Å²) in [6.07, 6.45) is -8.23. The molecule has 1 aliphatic heterocycles. The zero-order chi connectivity index (χ0) is 12.3. The average Bonchev–Trinajstić information content (AvgIpc) is 2.43. The van der Waals surface area contributed by atoms with Gasteiger partial charge in [-0.2, -0.15) is 17.6 Å². The van der Waals surface area contributed by atoms with Crippen molar-refractivity contribution in [1.82, 2.24) is 9.97 Å². The molecule has 1 aliphatic rings. The standard InChI is InChI=1S/C10H4F4N2O/c11-9(12)7-8(10(13,14)17-9)16-6-4-2-1-3-5(6)15-7/h1-4H. The molecule has 0 fully saturated rings. The third-order valence-electron chi connectivity index (χ3n) is 2.38. The summed E-state index contributed by atoms with van der Waals surface area (Å²) in [6, 6.07) is 5.93. The Morgan fingerprint density at radius 2 is 1.24 bits per heavy atom. The van der Waals surface area contributed by atoms with Crippen molar-refractivity contribution in [3.05, 3.63) is 35.7 Å². The van der Waals surface area contributed by atoms with Crippen LogP contribution in [0, 0.1) is 0 Å². The first-order chi connectivity index (χ1) is 7.90. The van der Waals surface area contributed by atoms with E-state index in [0.29, 0.717) is 0 Å². The lowest BCUT2D eigenvalue weighted by Gasteiger charge is -2.09. The van der Waals surface area contributed by atoms with Gasteiger partial charge in [0, 0.05) is 0 Å². The molecule has 88 valence electrons. The van der Waals surface area contributed by atoms with Crippen LogP contribution >= 0.6 is 0 Å². The summed E-state index contributed by atoms with van der Waals surface area (Å²) >= 11 is 0. The highest BCUT2D eigenvalue weighted by atomic mass is 19.3. The van der Waals surface area contributed by atoms with Gasteiger partial charge in [0.1, 0.15) is 0 Å². The van der Waals surface area contributed by atoms with Gasteiger partial charge in [-0.3, -0.25) is 0 Å². The van der Waals surface area contributed by atoms with E-state index in [-0.39, 0.29) is 11.0 Å². The molecule has 2 heterocycles. The van der Waals surface area contributed by atoms with E-state index in [1.807, 2.05) is 0 Å². The van der Waals surface area contributed by atoms with Crippen molar-refractivity contribution in [3.63, 3.8) is 0 Å². The van der Waals surface area contributed by atoms with E-state index in [1.54, 1.807) is 12.1 Å². The first-order valence-corrected chi connectivity index (χ1v) is 4.64. The number of nitrogens with zero attached hydrogens (tertiary/aromatic N) is 2. The Hall–Kier alpha value is -1.76. The first-order valence-electron chi connectivity index (χ1n) is 4.64. The number of alkyl halides is 4. The second kappa shape index (κ2) is 2.92. The number of rotatable bonds is 0. The molecular weight excluding hydrogens is 240 g/mol. The second-order valence-electron chi connectivity index (χ2n) is 3.55. The van der Waals surface area contributed by atoms with Gasteiger partial charge in [-0.15, -0.1) is 0 Å². The molecule has 17 heavy (non-hydrogen) atoms. The van der Waals surface area contributed by atoms with Gasteiger partial charge >= 0.3 is 12.2 Å². The van der Waals surface area contributed by atoms with Gasteiger partial charge in [0.2, 0.25) is 0 Å². The summed E-state index contributed by atoms with van der Waals surface area (Å²) in [5.74, 6) is 0. The van der Waals surface area contributed by atoms with Crippen molar-refractivity contribution in [1.29, 1.82) is 0 Å². The normalized spacial score (nSPS) is 20.5. The van der Waals surface area contributed by atoms with E-state index in [4.69, 9.17) is 0 Å². The summed E-state index contributed by atoms with van der Waals surface area (Å²) in [7, 11) is 0. The third kappa shape index (κ3) is 1.39. The monoisotopic (exact) mass is 244 g/mol. The predicted octanol–water partition coefficient (Wildman–Crippen LogP) is 2.76. The van der Waals surface area contributed by atoms with Crippen molar-refractivity contribution >= 4 is 11.0 Å². The molecule has 0 saturated carbocycles. The molecule has 3 rings (SSSR count). The van der Waals surface area contributed by atoms with Gasteiger partial charge in [-0.05, 0) is 12.1 Å². The Morgan fingerprint density at radius 1 is 0.824 bits per heavy atom. The Balaban J connectivity index is 2.37. The van der Waals surface area contributed by atoms with Crippen LogP contribution in [-0.4, -0.2) is 9.97 Å². The molecule has 7 heteroatoms.